The van der Waals surface area contributed by atoms with Crippen LogP contribution in [-0.4, -0.2) is 55.4 Å². The van der Waals surface area contributed by atoms with E-state index in [9.17, 15) is 4.79 Å². The summed E-state index contributed by atoms with van der Waals surface area (Å²) in [6.45, 7) is 14.7. The molecule has 5 nitrogen and oxygen atoms in total. The van der Waals surface area contributed by atoms with Gasteiger partial charge in [-0.3, -0.25) is 9.69 Å². The van der Waals surface area contributed by atoms with Crippen LogP contribution in [0.25, 0.3) is 5.73 Å². The second-order valence-electron chi connectivity index (χ2n) is 7.18. The molecule has 0 bridgehead atoms. The zero-order chi connectivity index (χ0) is 18.5. The summed E-state index contributed by atoms with van der Waals surface area (Å²) in [6.07, 6.45) is 3.21. The Labute approximate surface area is 189 Å². The minimum atomic E-state index is -0.356. The number of ether oxygens (including phenoxy) is 2. The molecule has 0 aromatic heterocycles. The Morgan fingerprint density at radius 3 is 2.48 bits per heavy atom. The van der Waals surface area contributed by atoms with Gasteiger partial charge in [-0.1, -0.05) is 19.9 Å². The standard InChI is InChI=1S/C19H35N2O3.Ac/c1-8-19(6,9-2)18(20)17-15(12-24-14(5)23-10-3)11-16(13(4)22)21(17)7;/h8,14-18,20H,1,9-12H2,2-7H3;/q-1;/t14?,15-,16+,17+,18+,19+;/m0./s1. The van der Waals surface area contributed by atoms with Crippen LogP contribution in [-0.2, 0) is 14.3 Å². The van der Waals surface area contributed by atoms with Crippen LogP contribution in [0.15, 0.2) is 12.7 Å². The molecular weight excluding hydrogens is 531 g/mol. The van der Waals surface area contributed by atoms with Gasteiger partial charge in [-0.15, -0.1) is 12.6 Å². The predicted molar refractivity (Wildman–Crippen MR) is 97.9 cm³/mol. The molecule has 0 saturated carbocycles. The van der Waals surface area contributed by atoms with Crippen LogP contribution in [0.1, 0.15) is 47.5 Å². The van der Waals surface area contributed by atoms with E-state index in [0.29, 0.717) is 13.2 Å². The second kappa shape index (κ2) is 11.5. The van der Waals surface area contributed by atoms with Gasteiger partial charge in [0, 0.05) is 50.7 Å². The number of likely N-dealkylation sites (tertiary alicyclic amines) is 1. The molecule has 0 aliphatic carbocycles. The molecule has 25 heavy (non-hydrogen) atoms. The summed E-state index contributed by atoms with van der Waals surface area (Å²) in [5.41, 5.74) is 8.59. The molecule has 1 aliphatic heterocycles. The molecule has 1 unspecified atom stereocenters. The maximum absolute atomic E-state index is 12.0. The van der Waals surface area contributed by atoms with E-state index in [0.717, 1.165) is 12.8 Å². The molecule has 0 spiro atoms. The van der Waals surface area contributed by atoms with E-state index >= 15 is 0 Å². The van der Waals surface area contributed by atoms with Gasteiger partial charge in [-0.25, -0.2) is 0 Å². The van der Waals surface area contributed by atoms with Crippen molar-refractivity contribution in [2.45, 2.75) is 71.9 Å². The quantitative estimate of drug-likeness (QED) is 0.299. The van der Waals surface area contributed by atoms with Crippen molar-refractivity contribution in [1.29, 1.82) is 0 Å². The monoisotopic (exact) mass is 566 g/mol. The summed E-state index contributed by atoms with van der Waals surface area (Å²) in [4.78, 5) is 14.1. The SMILES string of the molecule is C=C[C@](C)(CC)[C@H]([NH-])[C@H]1[C@H](COC(C)OCC)C[C@H](C(C)=O)N1C.[Ac]. The topological polar surface area (TPSA) is 62.6 Å². The number of likely N-dealkylation sites (N-methyl/N-ethyl adjacent to an activating group) is 1. The van der Waals surface area contributed by atoms with E-state index in [-0.39, 0.29) is 85.6 Å². The third kappa shape index (κ3) is 6.37. The molecule has 6 atom stereocenters. The zero-order valence-corrected chi connectivity index (χ0v) is 21.5. The number of nitrogens with one attached hydrogen (secondary N) is 1. The van der Waals surface area contributed by atoms with Gasteiger partial charge in [0.25, 0.3) is 0 Å². The summed E-state index contributed by atoms with van der Waals surface area (Å²) in [5, 5.41) is 0. The summed E-state index contributed by atoms with van der Waals surface area (Å²) in [6, 6.07) is -0.522. The first-order chi connectivity index (χ1) is 11.2. The number of nitrogens with zero attached hydrogens (tertiary/aromatic N) is 1. The number of ketones is 1. The van der Waals surface area contributed by atoms with Gasteiger partial charge >= 0.3 is 0 Å². The van der Waals surface area contributed by atoms with Gasteiger partial charge in [0.2, 0.25) is 0 Å². The van der Waals surface area contributed by atoms with E-state index in [2.05, 4.69) is 25.3 Å². The van der Waals surface area contributed by atoms with Crippen LogP contribution in [0.3, 0.4) is 0 Å². The van der Waals surface area contributed by atoms with Crippen LogP contribution in [0, 0.1) is 55.4 Å². The first-order valence-electron chi connectivity index (χ1n) is 9.02. The molecule has 1 N–H and O–H groups in total. The van der Waals surface area contributed by atoms with Gasteiger partial charge < -0.3 is 15.2 Å². The second-order valence-corrected chi connectivity index (χ2v) is 7.18. The Bertz CT molecular complexity index is 435. The van der Waals surface area contributed by atoms with E-state index in [4.69, 9.17) is 15.2 Å². The minimum Gasteiger partial charge on any atom is -0.673 e. The molecule has 1 heterocycles. The average Bonchev–Trinajstić information content (AvgIpc) is 2.88. The van der Waals surface area contributed by atoms with Crippen LogP contribution >= 0.6 is 0 Å². The van der Waals surface area contributed by atoms with Gasteiger partial charge in [0.05, 0.1) is 12.6 Å². The summed E-state index contributed by atoms with van der Waals surface area (Å²) >= 11 is 0. The maximum Gasteiger partial charge on any atom is 0.154 e. The third-order valence-electron chi connectivity index (χ3n) is 5.67. The van der Waals surface area contributed by atoms with Crippen molar-refractivity contribution < 1.29 is 58.3 Å². The fraction of sp³-hybridized carbons (Fsp3) is 0.842. The van der Waals surface area contributed by atoms with E-state index in [1.54, 1.807) is 6.92 Å². The van der Waals surface area contributed by atoms with Gasteiger partial charge in [-0.05, 0) is 58.0 Å². The predicted octanol–water partition coefficient (Wildman–Crippen LogP) is 3.69. The first kappa shape index (κ1) is 25.7. The number of hydrogen-bond acceptors (Lipinski definition) is 4. The number of rotatable bonds is 10. The van der Waals surface area contributed by atoms with Crippen molar-refractivity contribution in [3.63, 3.8) is 0 Å². The molecule has 1 saturated heterocycles. The number of hydrogen-bond donors (Lipinski definition) is 0. The molecule has 0 amide bonds. The molecule has 143 valence electrons. The van der Waals surface area contributed by atoms with Gasteiger partial charge in [-0.2, -0.15) is 0 Å². The smallest absolute Gasteiger partial charge is 0.154 e. The van der Waals surface area contributed by atoms with Crippen LogP contribution in [0.5, 0.6) is 0 Å². The Morgan fingerprint density at radius 2 is 2.04 bits per heavy atom. The maximum atomic E-state index is 12.0. The van der Waals surface area contributed by atoms with Crippen molar-refractivity contribution in [3.05, 3.63) is 18.4 Å². The zero-order valence-electron chi connectivity index (χ0n) is 16.7. The van der Waals surface area contributed by atoms with Crippen molar-refractivity contribution in [1.82, 2.24) is 4.90 Å². The fourth-order valence-corrected chi connectivity index (χ4v) is 3.68. The Balaban J connectivity index is 0.00000576. The normalized spacial score (nSPS) is 28.7. The van der Waals surface area contributed by atoms with E-state index < -0.39 is 0 Å². The largest absolute Gasteiger partial charge is 0.673 e. The molecule has 6 heteroatoms. The first-order valence-corrected chi connectivity index (χ1v) is 9.02. The van der Waals surface area contributed by atoms with E-state index in [1.165, 1.54) is 0 Å². The molecule has 1 fully saturated rings. The molecule has 0 aromatic carbocycles. The molecule has 1 radical (unpaired) electrons. The van der Waals surface area contributed by atoms with Crippen molar-refractivity contribution >= 4 is 5.78 Å². The van der Waals surface area contributed by atoms with Crippen LogP contribution in [0.2, 0.25) is 0 Å². The van der Waals surface area contributed by atoms with Crippen LogP contribution in [0.4, 0.5) is 0 Å². The summed E-state index contributed by atoms with van der Waals surface area (Å²) in [7, 11) is 1.96. The van der Waals surface area contributed by atoms with Crippen LogP contribution < -0.4 is 0 Å². The van der Waals surface area contributed by atoms with Crippen molar-refractivity contribution in [2.24, 2.45) is 11.3 Å². The minimum absolute atomic E-state index is 0. The van der Waals surface area contributed by atoms with Gasteiger partial charge in [0.15, 0.2) is 6.29 Å². The van der Waals surface area contributed by atoms with Crippen molar-refractivity contribution in [3.8, 4) is 0 Å². The third-order valence-corrected chi connectivity index (χ3v) is 5.67. The van der Waals surface area contributed by atoms with Crippen molar-refractivity contribution in [2.75, 3.05) is 20.3 Å². The molecule has 1 aliphatic rings. The molecule has 1 rings (SSSR count). The number of carbonyl (C=O) groups is 1. The number of Topliss-reactive ketones (excluding diaryl/α,β-unsaturated/α-hetero) is 1. The summed E-state index contributed by atoms with van der Waals surface area (Å²) < 4.78 is 11.3. The van der Waals surface area contributed by atoms with E-state index in [1.807, 2.05) is 27.0 Å². The Hall–Kier alpha value is 0.692. The average molecular weight is 566 g/mol. The molecule has 0 aromatic rings. The fourth-order valence-electron chi connectivity index (χ4n) is 3.68. The summed E-state index contributed by atoms with van der Waals surface area (Å²) in [5.74, 6) is 0.298. The molecular formula is C19H35AcN2O3-. The Kier molecular flexibility index (Phi) is 11.8. The van der Waals surface area contributed by atoms with Gasteiger partial charge in [0.1, 0.15) is 5.78 Å². The Morgan fingerprint density at radius 1 is 1.44 bits per heavy atom. The number of carbonyl (C=O) groups excluding carboxylic acids is 1.